The van der Waals surface area contributed by atoms with Gasteiger partial charge in [0, 0.05) is 11.8 Å². The number of anilines is 2. The van der Waals surface area contributed by atoms with Crippen molar-refractivity contribution in [3.05, 3.63) is 35.9 Å². The number of hydrogen-bond donors (Lipinski definition) is 2. The van der Waals surface area contributed by atoms with E-state index in [4.69, 9.17) is 9.26 Å². The Bertz CT molecular complexity index is 887. The maximum Gasteiger partial charge on any atom is 0.244 e. The third-order valence-corrected chi connectivity index (χ3v) is 3.38. The van der Waals surface area contributed by atoms with Crippen LogP contribution < -0.4 is 15.4 Å². The summed E-state index contributed by atoms with van der Waals surface area (Å²) < 4.78 is 11.8. The fourth-order valence-electron chi connectivity index (χ4n) is 2.21. The van der Waals surface area contributed by atoms with Crippen LogP contribution in [-0.4, -0.2) is 44.9 Å². The zero-order chi connectivity index (χ0) is 17.8. The number of methoxy groups -OCH3 is 1. The minimum absolute atomic E-state index is 0.0618. The van der Waals surface area contributed by atoms with E-state index < -0.39 is 0 Å². The van der Waals surface area contributed by atoms with Gasteiger partial charge >= 0.3 is 0 Å². The molecular weight excluding hydrogens is 326 g/mol. The van der Waals surface area contributed by atoms with Crippen LogP contribution in [0, 0.1) is 13.8 Å². The molecule has 10 heteroatoms. The van der Waals surface area contributed by atoms with Crippen molar-refractivity contribution in [2.24, 2.45) is 0 Å². The zero-order valence-electron chi connectivity index (χ0n) is 14.0. The van der Waals surface area contributed by atoms with Crippen molar-refractivity contribution in [3.8, 4) is 11.4 Å². The number of benzene rings is 1. The Morgan fingerprint density at radius 1 is 1.32 bits per heavy atom. The number of amides is 1. The Balaban J connectivity index is 1.70. The number of nitrogens with one attached hydrogen (secondary N) is 2. The average Bonchev–Trinajstić information content (AvgIpc) is 3.21. The predicted octanol–water partition coefficient (Wildman–Crippen LogP) is 1.33. The molecule has 0 saturated heterocycles. The van der Waals surface area contributed by atoms with E-state index in [0.717, 1.165) is 5.69 Å². The van der Waals surface area contributed by atoms with Crippen molar-refractivity contribution < 1.29 is 14.1 Å². The molecule has 0 atom stereocenters. The molecule has 0 unspecified atom stereocenters. The van der Waals surface area contributed by atoms with Crippen LogP contribution in [0.5, 0.6) is 5.75 Å². The summed E-state index contributed by atoms with van der Waals surface area (Å²) in [6, 6.07) is 7.02. The number of nitrogens with zero attached hydrogens (tertiary/aromatic N) is 5. The standard InChI is InChI=1S/C15H17N7O3/c1-9-6-14(19-25-9)17-15(23)8-16-11-4-5-13(24-3)12(7-11)22-10(2)18-20-21-22/h4-7,16H,8H2,1-3H3,(H,17,19,23). The second-order valence-corrected chi connectivity index (χ2v) is 5.25. The van der Waals surface area contributed by atoms with Crippen molar-refractivity contribution in [2.75, 3.05) is 24.3 Å². The second-order valence-electron chi connectivity index (χ2n) is 5.25. The first-order valence-corrected chi connectivity index (χ1v) is 7.47. The lowest BCUT2D eigenvalue weighted by atomic mass is 10.2. The van der Waals surface area contributed by atoms with Gasteiger partial charge in [-0.3, -0.25) is 4.79 Å². The van der Waals surface area contributed by atoms with Gasteiger partial charge in [0.1, 0.15) is 17.2 Å². The molecule has 2 aromatic heterocycles. The summed E-state index contributed by atoms with van der Waals surface area (Å²) in [6.45, 7) is 3.60. The van der Waals surface area contributed by atoms with E-state index in [1.54, 1.807) is 49.9 Å². The molecule has 0 spiro atoms. The normalized spacial score (nSPS) is 10.5. The van der Waals surface area contributed by atoms with E-state index in [0.29, 0.717) is 28.8 Å². The summed E-state index contributed by atoms with van der Waals surface area (Å²) in [4.78, 5) is 12.0. The third-order valence-electron chi connectivity index (χ3n) is 3.38. The fraction of sp³-hybridized carbons (Fsp3) is 0.267. The fourth-order valence-corrected chi connectivity index (χ4v) is 2.21. The number of carbonyl (C=O) groups is 1. The highest BCUT2D eigenvalue weighted by atomic mass is 16.5. The monoisotopic (exact) mass is 343 g/mol. The Morgan fingerprint density at radius 2 is 2.16 bits per heavy atom. The van der Waals surface area contributed by atoms with E-state index in [-0.39, 0.29) is 12.5 Å². The number of hydrogen-bond acceptors (Lipinski definition) is 8. The van der Waals surface area contributed by atoms with E-state index >= 15 is 0 Å². The first-order chi connectivity index (χ1) is 12.1. The topological polar surface area (TPSA) is 120 Å². The van der Waals surface area contributed by atoms with Gasteiger partial charge in [0.05, 0.1) is 13.7 Å². The molecule has 130 valence electrons. The molecule has 25 heavy (non-hydrogen) atoms. The predicted molar refractivity (Wildman–Crippen MR) is 88.8 cm³/mol. The van der Waals surface area contributed by atoms with E-state index in [2.05, 4.69) is 31.3 Å². The van der Waals surface area contributed by atoms with Gasteiger partial charge in [-0.2, -0.15) is 4.68 Å². The van der Waals surface area contributed by atoms with Crippen LogP contribution in [0.15, 0.2) is 28.8 Å². The van der Waals surface area contributed by atoms with Crippen LogP contribution in [0.3, 0.4) is 0 Å². The molecular formula is C15H17N7O3. The molecule has 0 radical (unpaired) electrons. The first kappa shape index (κ1) is 16.4. The van der Waals surface area contributed by atoms with Gasteiger partial charge in [0.15, 0.2) is 11.6 Å². The van der Waals surface area contributed by atoms with Gasteiger partial charge in [0.25, 0.3) is 0 Å². The summed E-state index contributed by atoms with van der Waals surface area (Å²) in [5.74, 6) is 1.99. The Hall–Kier alpha value is -3.43. The zero-order valence-corrected chi connectivity index (χ0v) is 14.0. The highest BCUT2D eigenvalue weighted by Crippen LogP contribution is 2.26. The molecule has 0 saturated carbocycles. The molecule has 0 aliphatic heterocycles. The summed E-state index contributed by atoms with van der Waals surface area (Å²) >= 11 is 0. The lowest BCUT2D eigenvalue weighted by Gasteiger charge is -2.12. The smallest absolute Gasteiger partial charge is 0.244 e. The van der Waals surface area contributed by atoms with Crippen LogP contribution in [0.2, 0.25) is 0 Å². The Morgan fingerprint density at radius 3 is 2.80 bits per heavy atom. The molecule has 3 aromatic rings. The summed E-state index contributed by atoms with van der Waals surface area (Å²) in [5, 5.41) is 20.8. The van der Waals surface area contributed by atoms with Gasteiger partial charge in [0.2, 0.25) is 5.91 Å². The average molecular weight is 343 g/mol. The van der Waals surface area contributed by atoms with Crippen LogP contribution in [0.4, 0.5) is 11.5 Å². The summed E-state index contributed by atoms with van der Waals surface area (Å²) in [6.07, 6.45) is 0. The number of rotatable bonds is 6. The molecule has 0 bridgehead atoms. The number of carbonyl (C=O) groups excluding carboxylic acids is 1. The molecule has 2 heterocycles. The molecule has 10 nitrogen and oxygen atoms in total. The highest BCUT2D eigenvalue weighted by Gasteiger charge is 2.12. The maximum absolute atomic E-state index is 12.0. The Kier molecular flexibility index (Phi) is 4.59. The van der Waals surface area contributed by atoms with Crippen LogP contribution in [0.25, 0.3) is 5.69 Å². The van der Waals surface area contributed by atoms with Crippen molar-refractivity contribution in [1.29, 1.82) is 0 Å². The van der Waals surface area contributed by atoms with Crippen molar-refractivity contribution >= 4 is 17.4 Å². The largest absolute Gasteiger partial charge is 0.494 e. The number of aryl methyl sites for hydroxylation is 2. The summed E-state index contributed by atoms with van der Waals surface area (Å²) in [5.41, 5.74) is 1.39. The molecule has 0 aliphatic rings. The number of tetrazole rings is 1. The first-order valence-electron chi connectivity index (χ1n) is 7.47. The van der Waals surface area contributed by atoms with E-state index in [1.165, 1.54) is 0 Å². The van der Waals surface area contributed by atoms with Gasteiger partial charge in [-0.05, 0) is 42.5 Å². The van der Waals surface area contributed by atoms with Crippen molar-refractivity contribution in [3.63, 3.8) is 0 Å². The van der Waals surface area contributed by atoms with Crippen molar-refractivity contribution in [2.45, 2.75) is 13.8 Å². The van der Waals surface area contributed by atoms with Gasteiger partial charge in [-0.15, -0.1) is 5.10 Å². The molecule has 0 fully saturated rings. The van der Waals surface area contributed by atoms with Crippen LogP contribution >= 0.6 is 0 Å². The second kappa shape index (κ2) is 6.99. The molecule has 0 aliphatic carbocycles. The molecule has 1 aromatic carbocycles. The minimum atomic E-state index is -0.246. The lowest BCUT2D eigenvalue weighted by Crippen LogP contribution is -2.22. The number of ether oxygens (including phenoxy) is 1. The van der Waals surface area contributed by atoms with E-state index in [1.807, 2.05) is 0 Å². The van der Waals surface area contributed by atoms with Gasteiger partial charge in [-0.25, -0.2) is 0 Å². The van der Waals surface area contributed by atoms with E-state index in [9.17, 15) is 4.79 Å². The minimum Gasteiger partial charge on any atom is -0.494 e. The van der Waals surface area contributed by atoms with Crippen molar-refractivity contribution in [1.82, 2.24) is 25.4 Å². The lowest BCUT2D eigenvalue weighted by molar-refractivity contribution is -0.114. The van der Waals surface area contributed by atoms with Gasteiger partial charge < -0.3 is 19.9 Å². The van der Waals surface area contributed by atoms with Crippen LogP contribution in [0.1, 0.15) is 11.6 Å². The molecule has 1 amide bonds. The van der Waals surface area contributed by atoms with Crippen LogP contribution in [-0.2, 0) is 4.79 Å². The third kappa shape index (κ3) is 3.74. The maximum atomic E-state index is 12.0. The molecule has 2 N–H and O–H groups in total. The quantitative estimate of drug-likeness (QED) is 0.688. The van der Waals surface area contributed by atoms with Gasteiger partial charge in [-0.1, -0.05) is 5.16 Å². The highest BCUT2D eigenvalue weighted by molar-refractivity contribution is 5.92. The molecule has 3 rings (SSSR count). The summed E-state index contributed by atoms with van der Waals surface area (Å²) in [7, 11) is 1.57. The SMILES string of the molecule is COc1ccc(NCC(=O)Nc2cc(C)on2)cc1-n1nnnc1C. The number of aromatic nitrogens is 5. The Labute approximate surface area is 143 Å².